The number of ether oxygens (including phenoxy) is 1. The van der Waals surface area contributed by atoms with E-state index in [-0.39, 0.29) is 5.92 Å². The molecule has 0 aliphatic carbocycles. The summed E-state index contributed by atoms with van der Waals surface area (Å²) in [5, 5.41) is 0. The predicted molar refractivity (Wildman–Crippen MR) is 74.4 cm³/mol. The molecule has 0 bridgehead atoms. The summed E-state index contributed by atoms with van der Waals surface area (Å²) in [5.41, 5.74) is 7.51. The number of likely N-dealkylation sites (N-methyl/N-ethyl adjacent to an activating group) is 1. The van der Waals surface area contributed by atoms with Crippen molar-refractivity contribution in [1.82, 2.24) is 0 Å². The number of benzene rings is 1. The molecule has 2 amide bonds. The van der Waals surface area contributed by atoms with Crippen LogP contribution in [-0.2, 0) is 9.59 Å². The number of anilines is 1. The fraction of sp³-hybridized carbons (Fsp3) is 0.429. The standard InChI is InChI=1S/C14H20N2O3/c1-8(2)10-7-11(9(3)6-12(10)19-5)16(4)14(18)13(15)17/h6-8H,1-5H3,(H2,15,17). The molecular formula is C14H20N2O3. The molecule has 19 heavy (non-hydrogen) atoms. The Hall–Kier alpha value is -2.04. The lowest BCUT2D eigenvalue weighted by molar-refractivity contribution is -0.135. The van der Waals surface area contributed by atoms with Gasteiger partial charge < -0.3 is 15.4 Å². The molecule has 0 unspecified atom stereocenters. The maximum absolute atomic E-state index is 11.7. The van der Waals surface area contributed by atoms with Crippen molar-refractivity contribution in [3.05, 3.63) is 23.3 Å². The molecule has 0 saturated heterocycles. The Bertz CT molecular complexity index is 510. The molecule has 0 aliphatic heterocycles. The molecule has 1 aromatic carbocycles. The lowest BCUT2D eigenvalue weighted by Crippen LogP contribution is -2.38. The average Bonchev–Trinajstić information content (AvgIpc) is 2.35. The highest BCUT2D eigenvalue weighted by molar-refractivity contribution is 6.39. The van der Waals surface area contributed by atoms with Gasteiger partial charge in [-0.05, 0) is 36.1 Å². The molecule has 0 aliphatic rings. The first-order valence-corrected chi connectivity index (χ1v) is 6.05. The van der Waals surface area contributed by atoms with Gasteiger partial charge >= 0.3 is 11.8 Å². The highest BCUT2D eigenvalue weighted by Gasteiger charge is 2.20. The van der Waals surface area contributed by atoms with Gasteiger partial charge in [-0.2, -0.15) is 0 Å². The van der Waals surface area contributed by atoms with Gasteiger partial charge in [0.25, 0.3) is 0 Å². The zero-order valence-corrected chi connectivity index (χ0v) is 12.0. The van der Waals surface area contributed by atoms with E-state index in [1.165, 1.54) is 11.9 Å². The molecule has 5 nitrogen and oxygen atoms in total. The van der Waals surface area contributed by atoms with Crippen molar-refractivity contribution in [2.75, 3.05) is 19.1 Å². The third-order valence-corrected chi connectivity index (χ3v) is 3.05. The number of nitrogens with two attached hydrogens (primary N) is 1. The number of methoxy groups -OCH3 is 1. The number of primary amides is 1. The first kappa shape index (κ1) is 15.0. The Morgan fingerprint density at radius 3 is 2.32 bits per heavy atom. The Balaban J connectivity index is 3.33. The van der Waals surface area contributed by atoms with Gasteiger partial charge in [-0.1, -0.05) is 13.8 Å². The molecule has 0 saturated carbocycles. The van der Waals surface area contributed by atoms with Crippen molar-refractivity contribution in [3.8, 4) is 5.75 Å². The zero-order valence-electron chi connectivity index (χ0n) is 12.0. The fourth-order valence-corrected chi connectivity index (χ4v) is 1.95. The smallest absolute Gasteiger partial charge is 0.315 e. The van der Waals surface area contributed by atoms with Gasteiger partial charge in [0.2, 0.25) is 0 Å². The molecule has 1 rings (SSSR count). The molecule has 0 heterocycles. The van der Waals surface area contributed by atoms with Crippen molar-refractivity contribution in [2.24, 2.45) is 5.73 Å². The maximum atomic E-state index is 11.7. The van der Waals surface area contributed by atoms with Gasteiger partial charge in [-0.25, -0.2) is 0 Å². The van der Waals surface area contributed by atoms with E-state index < -0.39 is 11.8 Å². The lowest BCUT2D eigenvalue weighted by atomic mass is 9.98. The molecule has 0 spiro atoms. The van der Waals surface area contributed by atoms with Gasteiger partial charge in [-0.15, -0.1) is 0 Å². The molecule has 5 heteroatoms. The number of aryl methyl sites for hydroxylation is 1. The van der Waals surface area contributed by atoms with Crippen LogP contribution in [0.1, 0.15) is 30.9 Å². The third kappa shape index (κ3) is 3.05. The maximum Gasteiger partial charge on any atom is 0.315 e. The molecular weight excluding hydrogens is 244 g/mol. The van der Waals surface area contributed by atoms with Crippen LogP contribution in [0.5, 0.6) is 5.75 Å². The average molecular weight is 264 g/mol. The van der Waals surface area contributed by atoms with Crippen molar-refractivity contribution in [1.29, 1.82) is 0 Å². The Morgan fingerprint density at radius 1 is 1.32 bits per heavy atom. The number of amides is 2. The summed E-state index contributed by atoms with van der Waals surface area (Å²) < 4.78 is 5.34. The van der Waals surface area contributed by atoms with E-state index in [1.54, 1.807) is 7.11 Å². The Morgan fingerprint density at radius 2 is 1.89 bits per heavy atom. The summed E-state index contributed by atoms with van der Waals surface area (Å²) in [6.07, 6.45) is 0. The minimum Gasteiger partial charge on any atom is -0.496 e. The molecule has 2 N–H and O–H groups in total. The van der Waals surface area contributed by atoms with Crippen LogP contribution >= 0.6 is 0 Å². The second kappa shape index (κ2) is 5.73. The number of carbonyl (C=O) groups is 2. The second-order valence-electron chi connectivity index (χ2n) is 4.76. The van der Waals surface area contributed by atoms with E-state index in [2.05, 4.69) is 0 Å². The van der Waals surface area contributed by atoms with Crippen molar-refractivity contribution >= 4 is 17.5 Å². The molecule has 104 valence electrons. The van der Waals surface area contributed by atoms with E-state index in [9.17, 15) is 9.59 Å². The van der Waals surface area contributed by atoms with E-state index in [0.29, 0.717) is 5.69 Å². The first-order valence-electron chi connectivity index (χ1n) is 6.05. The van der Waals surface area contributed by atoms with Crippen LogP contribution in [0.25, 0.3) is 0 Å². The second-order valence-corrected chi connectivity index (χ2v) is 4.76. The Labute approximate surface area is 113 Å². The van der Waals surface area contributed by atoms with Crippen LogP contribution in [0.4, 0.5) is 5.69 Å². The van der Waals surface area contributed by atoms with Crippen molar-refractivity contribution in [2.45, 2.75) is 26.7 Å². The molecule has 0 radical (unpaired) electrons. The van der Waals surface area contributed by atoms with Crippen LogP contribution in [0.3, 0.4) is 0 Å². The first-order chi connectivity index (χ1) is 8.79. The summed E-state index contributed by atoms with van der Waals surface area (Å²) in [5.74, 6) is -0.686. The summed E-state index contributed by atoms with van der Waals surface area (Å²) in [6, 6.07) is 3.72. The molecule has 0 atom stereocenters. The number of hydrogen-bond acceptors (Lipinski definition) is 3. The Kier molecular flexibility index (Phi) is 4.53. The normalized spacial score (nSPS) is 10.4. The predicted octanol–water partition coefficient (Wildman–Crippen LogP) is 1.58. The van der Waals surface area contributed by atoms with Gasteiger partial charge in [-0.3, -0.25) is 9.59 Å². The van der Waals surface area contributed by atoms with Crippen LogP contribution in [-0.4, -0.2) is 26.0 Å². The van der Waals surface area contributed by atoms with Crippen LogP contribution in [0.15, 0.2) is 12.1 Å². The van der Waals surface area contributed by atoms with Crippen molar-refractivity contribution < 1.29 is 14.3 Å². The zero-order chi connectivity index (χ0) is 14.7. The monoisotopic (exact) mass is 264 g/mol. The lowest BCUT2D eigenvalue weighted by Gasteiger charge is -2.21. The van der Waals surface area contributed by atoms with Gasteiger partial charge in [0.1, 0.15) is 5.75 Å². The number of carbonyl (C=O) groups excluding carboxylic acids is 2. The molecule has 1 aromatic rings. The van der Waals surface area contributed by atoms with Crippen LogP contribution < -0.4 is 15.4 Å². The number of rotatable bonds is 3. The SMILES string of the molecule is COc1cc(C)c(N(C)C(=O)C(N)=O)cc1C(C)C. The van der Waals surface area contributed by atoms with Gasteiger partial charge in [0.15, 0.2) is 0 Å². The number of hydrogen-bond donors (Lipinski definition) is 1. The summed E-state index contributed by atoms with van der Waals surface area (Å²) in [6.45, 7) is 5.92. The van der Waals surface area contributed by atoms with E-state index >= 15 is 0 Å². The molecule has 0 aromatic heterocycles. The highest BCUT2D eigenvalue weighted by Crippen LogP contribution is 2.33. The fourth-order valence-electron chi connectivity index (χ4n) is 1.95. The quantitative estimate of drug-likeness (QED) is 0.842. The largest absolute Gasteiger partial charge is 0.496 e. The van der Waals surface area contributed by atoms with Crippen molar-refractivity contribution in [3.63, 3.8) is 0 Å². The third-order valence-electron chi connectivity index (χ3n) is 3.05. The minimum atomic E-state index is -0.969. The van der Waals surface area contributed by atoms with E-state index in [4.69, 9.17) is 10.5 Å². The van der Waals surface area contributed by atoms with Gasteiger partial charge in [0, 0.05) is 12.7 Å². The number of nitrogens with zero attached hydrogens (tertiary/aromatic N) is 1. The van der Waals surface area contributed by atoms with E-state index in [0.717, 1.165) is 16.9 Å². The topological polar surface area (TPSA) is 72.6 Å². The summed E-state index contributed by atoms with van der Waals surface area (Å²) in [7, 11) is 3.14. The summed E-state index contributed by atoms with van der Waals surface area (Å²) >= 11 is 0. The molecule has 0 fully saturated rings. The summed E-state index contributed by atoms with van der Waals surface area (Å²) in [4.78, 5) is 23.9. The van der Waals surface area contributed by atoms with E-state index in [1.807, 2.05) is 32.9 Å². The van der Waals surface area contributed by atoms with Gasteiger partial charge in [0.05, 0.1) is 7.11 Å². The van der Waals surface area contributed by atoms with Crippen LogP contribution in [0, 0.1) is 6.92 Å². The minimum absolute atomic E-state index is 0.242. The highest BCUT2D eigenvalue weighted by atomic mass is 16.5. The van der Waals surface area contributed by atoms with Crippen LogP contribution in [0.2, 0.25) is 0 Å².